The van der Waals surface area contributed by atoms with E-state index in [2.05, 4.69) is 23.3 Å². The summed E-state index contributed by atoms with van der Waals surface area (Å²) in [6.07, 6.45) is 0.935. The van der Waals surface area contributed by atoms with E-state index < -0.39 is 6.10 Å². The van der Waals surface area contributed by atoms with Gasteiger partial charge in [0.25, 0.3) is 0 Å². The minimum atomic E-state index is -0.553. The van der Waals surface area contributed by atoms with Crippen molar-refractivity contribution >= 4 is 0 Å². The summed E-state index contributed by atoms with van der Waals surface area (Å²) in [6, 6.07) is 10.3. The van der Waals surface area contributed by atoms with Gasteiger partial charge in [-0.3, -0.25) is 4.68 Å². The van der Waals surface area contributed by atoms with Crippen LogP contribution in [-0.4, -0.2) is 21.5 Å². The Kier molecular flexibility index (Phi) is 4.08. The lowest BCUT2D eigenvalue weighted by molar-refractivity contribution is 0.00182. The van der Waals surface area contributed by atoms with E-state index in [0.717, 1.165) is 31.0 Å². The van der Waals surface area contributed by atoms with Gasteiger partial charge in [0.05, 0.1) is 30.2 Å². The average molecular weight is 286 g/mol. The molecule has 0 saturated heterocycles. The van der Waals surface area contributed by atoms with Crippen molar-refractivity contribution in [2.24, 2.45) is 0 Å². The number of fused-ring (bicyclic) bond motifs is 1. The normalized spacial score (nSPS) is 19.3. The van der Waals surface area contributed by atoms with Crippen molar-refractivity contribution in [2.45, 2.75) is 45.4 Å². The van der Waals surface area contributed by atoms with Crippen LogP contribution < -0.4 is 0 Å². The molecule has 1 aliphatic rings. The molecule has 2 aromatic rings. The summed E-state index contributed by atoms with van der Waals surface area (Å²) in [6.45, 7) is 5.48. The number of aryl methyl sites for hydroxylation is 2. The molecule has 0 saturated carbocycles. The molecule has 2 atom stereocenters. The molecule has 4 nitrogen and oxygen atoms in total. The van der Waals surface area contributed by atoms with E-state index >= 15 is 0 Å². The second kappa shape index (κ2) is 6.00. The highest BCUT2D eigenvalue weighted by atomic mass is 16.5. The van der Waals surface area contributed by atoms with E-state index in [1.54, 1.807) is 0 Å². The highest BCUT2D eigenvalue weighted by Gasteiger charge is 2.25. The van der Waals surface area contributed by atoms with Gasteiger partial charge in [-0.1, -0.05) is 24.3 Å². The molecule has 0 amide bonds. The Bertz CT molecular complexity index is 621. The summed E-state index contributed by atoms with van der Waals surface area (Å²) in [5.74, 6) is 0. The fourth-order valence-electron chi connectivity index (χ4n) is 3.08. The zero-order valence-electron chi connectivity index (χ0n) is 12.6. The summed E-state index contributed by atoms with van der Waals surface area (Å²) in [5, 5.41) is 15.0. The molecule has 0 spiro atoms. The molecule has 4 heteroatoms. The van der Waals surface area contributed by atoms with E-state index in [1.807, 2.05) is 30.7 Å². The van der Waals surface area contributed by atoms with Gasteiger partial charge in [-0.2, -0.15) is 5.10 Å². The molecule has 1 N–H and O–H groups in total. The summed E-state index contributed by atoms with van der Waals surface area (Å²) in [5.41, 5.74) is 4.36. The SMILES string of the molecule is CCn1nc(C)cc1C(O)CC1OCCc2ccccc21. The van der Waals surface area contributed by atoms with Crippen LogP contribution >= 0.6 is 0 Å². The molecule has 0 aliphatic carbocycles. The van der Waals surface area contributed by atoms with Gasteiger partial charge in [0.15, 0.2) is 0 Å². The predicted molar refractivity (Wildman–Crippen MR) is 81.1 cm³/mol. The van der Waals surface area contributed by atoms with Crippen LogP contribution in [0.25, 0.3) is 0 Å². The molecule has 112 valence electrons. The van der Waals surface area contributed by atoms with Gasteiger partial charge in [0.2, 0.25) is 0 Å². The van der Waals surface area contributed by atoms with E-state index in [0.29, 0.717) is 6.42 Å². The molecule has 2 heterocycles. The van der Waals surface area contributed by atoms with Gasteiger partial charge in [-0.15, -0.1) is 0 Å². The minimum absolute atomic E-state index is 0.0366. The Balaban J connectivity index is 1.81. The number of nitrogens with zero attached hydrogens (tertiary/aromatic N) is 2. The van der Waals surface area contributed by atoms with Crippen molar-refractivity contribution in [1.82, 2.24) is 9.78 Å². The lowest BCUT2D eigenvalue weighted by Crippen LogP contribution is -2.19. The number of benzene rings is 1. The summed E-state index contributed by atoms with van der Waals surface area (Å²) >= 11 is 0. The van der Waals surface area contributed by atoms with Gasteiger partial charge in [-0.05, 0) is 37.5 Å². The Labute approximate surface area is 125 Å². The maximum atomic E-state index is 10.6. The molecule has 1 aromatic carbocycles. The van der Waals surface area contributed by atoms with Crippen LogP contribution in [0.1, 0.15) is 48.1 Å². The smallest absolute Gasteiger partial charge is 0.0984 e. The Morgan fingerprint density at radius 3 is 3.05 bits per heavy atom. The largest absolute Gasteiger partial charge is 0.387 e. The fraction of sp³-hybridized carbons (Fsp3) is 0.471. The zero-order chi connectivity index (χ0) is 14.8. The quantitative estimate of drug-likeness (QED) is 0.940. The first-order valence-electron chi connectivity index (χ1n) is 7.61. The maximum absolute atomic E-state index is 10.6. The highest BCUT2D eigenvalue weighted by molar-refractivity contribution is 5.31. The molecule has 0 bridgehead atoms. The van der Waals surface area contributed by atoms with Crippen molar-refractivity contribution in [3.63, 3.8) is 0 Å². The molecule has 2 unspecified atom stereocenters. The van der Waals surface area contributed by atoms with Crippen LogP contribution in [0.4, 0.5) is 0 Å². The van der Waals surface area contributed by atoms with E-state index in [-0.39, 0.29) is 6.10 Å². The summed E-state index contributed by atoms with van der Waals surface area (Å²) < 4.78 is 7.76. The van der Waals surface area contributed by atoms with Gasteiger partial charge in [-0.25, -0.2) is 0 Å². The number of aliphatic hydroxyl groups is 1. The van der Waals surface area contributed by atoms with Crippen LogP contribution in [0, 0.1) is 6.92 Å². The number of aromatic nitrogens is 2. The van der Waals surface area contributed by atoms with Crippen LogP contribution in [0.5, 0.6) is 0 Å². The molecule has 3 rings (SSSR count). The molecule has 1 aliphatic heterocycles. The molecular weight excluding hydrogens is 264 g/mol. The lowest BCUT2D eigenvalue weighted by Gasteiger charge is -2.27. The third kappa shape index (κ3) is 2.87. The number of aliphatic hydroxyl groups excluding tert-OH is 1. The molecule has 21 heavy (non-hydrogen) atoms. The van der Waals surface area contributed by atoms with Gasteiger partial charge in [0, 0.05) is 13.0 Å². The number of hydrogen-bond donors (Lipinski definition) is 1. The summed E-state index contributed by atoms with van der Waals surface area (Å²) in [4.78, 5) is 0. The maximum Gasteiger partial charge on any atom is 0.0984 e. The molecule has 0 fully saturated rings. The standard InChI is InChI=1S/C17H22N2O2/c1-3-19-15(10-12(2)18-19)16(20)11-17-14-7-5-4-6-13(14)8-9-21-17/h4-7,10,16-17,20H,3,8-9,11H2,1-2H3. The Morgan fingerprint density at radius 1 is 1.43 bits per heavy atom. The first-order chi connectivity index (χ1) is 10.2. The van der Waals surface area contributed by atoms with Crippen molar-refractivity contribution in [1.29, 1.82) is 0 Å². The van der Waals surface area contributed by atoms with Gasteiger partial charge in [0.1, 0.15) is 0 Å². The first kappa shape index (κ1) is 14.3. The second-order valence-electron chi connectivity index (χ2n) is 5.59. The number of ether oxygens (including phenoxy) is 1. The number of hydrogen-bond acceptors (Lipinski definition) is 3. The molecule has 1 aromatic heterocycles. The first-order valence-corrected chi connectivity index (χ1v) is 7.61. The Morgan fingerprint density at radius 2 is 2.24 bits per heavy atom. The van der Waals surface area contributed by atoms with Crippen molar-refractivity contribution < 1.29 is 9.84 Å². The molecular formula is C17H22N2O2. The topological polar surface area (TPSA) is 47.3 Å². The van der Waals surface area contributed by atoms with E-state index in [9.17, 15) is 5.11 Å². The number of rotatable bonds is 4. The third-order valence-corrected chi connectivity index (χ3v) is 4.10. The van der Waals surface area contributed by atoms with Crippen molar-refractivity contribution in [3.05, 3.63) is 52.8 Å². The predicted octanol–water partition coefficient (Wildman–Crippen LogP) is 2.95. The van der Waals surface area contributed by atoms with Gasteiger partial charge >= 0.3 is 0 Å². The summed E-state index contributed by atoms with van der Waals surface area (Å²) in [7, 11) is 0. The lowest BCUT2D eigenvalue weighted by atomic mass is 9.93. The Hall–Kier alpha value is -1.65. The molecule has 0 radical (unpaired) electrons. The van der Waals surface area contributed by atoms with Crippen LogP contribution in [0.15, 0.2) is 30.3 Å². The highest BCUT2D eigenvalue weighted by Crippen LogP contribution is 2.34. The van der Waals surface area contributed by atoms with E-state index in [4.69, 9.17) is 4.74 Å². The van der Waals surface area contributed by atoms with Crippen molar-refractivity contribution in [2.75, 3.05) is 6.61 Å². The van der Waals surface area contributed by atoms with Crippen LogP contribution in [-0.2, 0) is 17.7 Å². The average Bonchev–Trinajstić information content (AvgIpc) is 2.89. The third-order valence-electron chi connectivity index (χ3n) is 4.10. The van der Waals surface area contributed by atoms with Crippen molar-refractivity contribution in [3.8, 4) is 0 Å². The van der Waals surface area contributed by atoms with Crippen LogP contribution in [0.3, 0.4) is 0 Å². The zero-order valence-corrected chi connectivity index (χ0v) is 12.6. The fourth-order valence-corrected chi connectivity index (χ4v) is 3.08. The van der Waals surface area contributed by atoms with E-state index in [1.165, 1.54) is 11.1 Å². The monoisotopic (exact) mass is 286 g/mol. The van der Waals surface area contributed by atoms with Gasteiger partial charge < -0.3 is 9.84 Å². The minimum Gasteiger partial charge on any atom is -0.387 e. The van der Waals surface area contributed by atoms with Crippen LogP contribution in [0.2, 0.25) is 0 Å². The second-order valence-corrected chi connectivity index (χ2v) is 5.59.